The molecule has 0 atom stereocenters. The van der Waals surface area contributed by atoms with E-state index in [-0.39, 0.29) is 10.8 Å². The number of nitrogens with one attached hydrogen (secondary N) is 1. The van der Waals surface area contributed by atoms with Crippen LogP contribution in [0.25, 0.3) is 11.0 Å². The van der Waals surface area contributed by atoms with Crippen LogP contribution in [0, 0.1) is 13.8 Å². The Kier molecular flexibility index (Phi) is 4.79. The number of benzene rings is 2. The van der Waals surface area contributed by atoms with Crippen LogP contribution in [0.15, 0.2) is 41.3 Å². The fourth-order valence-electron chi connectivity index (χ4n) is 2.76. The van der Waals surface area contributed by atoms with E-state index in [9.17, 15) is 13.2 Å². The van der Waals surface area contributed by atoms with Crippen LogP contribution in [0.4, 0.5) is 5.69 Å². The number of hydrogen-bond donors (Lipinski definition) is 1. The highest BCUT2D eigenvalue weighted by atomic mass is 32.2. The molecule has 27 heavy (non-hydrogen) atoms. The van der Waals surface area contributed by atoms with Crippen LogP contribution in [0.1, 0.15) is 21.7 Å². The number of anilines is 1. The lowest BCUT2D eigenvalue weighted by Crippen LogP contribution is -2.22. The second-order valence-electron chi connectivity index (χ2n) is 6.64. The molecule has 8 heteroatoms. The summed E-state index contributed by atoms with van der Waals surface area (Å²) in [6, 6.07) is 10.00. The van der Waals surface area contributed by atoms with Crippen molar-refractivity contribution in [2.45, 2.75) is 18.7 Å². The van der Waals surface area contributed by atoms with Crippen molar-refractivity contribution in [1.82, 2.24) is 13.9 Å². The van der Waals surface area contributed by atoms with E-state index in [1.807, 2.05) is 31.5 Å². The molecule has 0 saturated heterocycles. The van der Waals surface area contributed by atoms with E-state index < -0.39 is 10.0 Å². The molecule has 2 aromatic carbocycles. The molecule has 0 aliphatic rings. The predicted molar refractivity (Wildman–Crippen MR) is 105 cm³/mol. The van der Waals surface area contributed by atoms with E-state index in [1.165, 1.54) is 26.2 Å². The number of hydrogen-bond acceptors (Lipinski definition) is 4. The summed E-state index contributed by atoms with van der Waals surface area (Å²) < 4.78 is 27.8. The lowest BCUT2D eigenvalue weighted by molar-refractivity contribution is 0.102. The molecule has 1 heterocycles. The number of carbonyl (C=O) groups is 1. The van der Waals surface area contributed by atoms with Gasteiger partial charge in [-0.25, -0.2) is 17.7 Å². The normalized spacial score (nSPS) is 11.9. The zero-order chi connectivity index (χ0) is 19.9. The van der Waals surface area contributed by atoms with Crippen LogP contribution in [-0.2, 0) is 17.1 Å². The van der Waals surface area contributed by atoms with Gasteiger partial charge in [-0.2, -0.15) is 0 Å². The lowest BCUT2D eigenvalue weighted by atomic mass is 10.1. The molecule has 1 aromatic heterocycles. The van der Waals surface area contributed by atoms with Crippen molar-refractivity contribution in [1.29, 1.82) is 0 Å². The zero-order valence-electron chi connectivity index (χ0n) is 15.9. The van der Waals surface area contributed by atoms with Gasteiger partial charge in [0, 0.05) is 32.4 Å². The monoisotopic (exact) mass is 386 g/mol. The van der Waals surface area contributed by atoms with Crippen LogP contribution in [0.2, 0.25) is 0 Å². The standard InChI is InChI=1S/C19H22N4O3S/c1-12-6-8-15(27(25,26)22(3)4)11-16(12)21-19(24)14-7-9-18-17(10-14)20-13(2)23(18)5/h6-11H,1-5H3,(H,21,24). The van der Waals surface area contributed by atoms with Gasteiger partial charge in [0.25, 0.3) is 5.91 Å². The highest BCUT2D eigenvalue weighted by Gasteiger charge is 2.19. The van der Waals surface area contributed by atoms with Crippen molar-refractivity contribution in [3.8, 4) is 0 Å². The van der Waals surface area contributed by atoms with E-state index in [0.29, 0.717) is 11.3 Å². The van der Waals surface area contributed by atoms with Gasteiger partial charge in [-0.05, 0) is 49.7 Å². The second kappa shape index (κ2) is 6.79. The minimum Gasteiger partial charge on any atom is -0.331 e. The second-order valence-corrected chi connectivity index (χ2v) is 8.79. The van der Waals surface area contributed by atoms with Crippen molar-refractivity contribution in [3.05, 3.63) is 53.3 Å². The third-order valence-corrected chi connectivity index (χ3v) is 6.41. The molecule has 7 nitrogen and oxygen atoms in total. The largest absolute Gasteiger partial charge is 0.331 e. The number of aryl methyl sites for hydroxylation is 3. The molecule has 0 saturated carbocycles. The van der Waals surface area contributed by atoms with Gasteiger partial charge in [0.15, 0.2) is 0 Å². The molecule has 0 unspecified atom stereocenters. The third-order valence-electron chi connectivity index (χ3n) is 4.60. The number of sulfonamides is 1. The maximum atomic E-state index is 12.7. The summed E-state index contributed by atoms with van der Waals surface area (Å²) in [6.45, 7) is 3.72. The van der Waals surface area contributed by atoms with Crippen LogP contribution in [0.3, 0.4) is 0 Å². The maximum absolute atomic E-state index is 12.7. The number of imidazole rings is 1. The van der Waals surface area contributed by atoms with E-state index in [2.05, 4.69) is 10.3 Å². The number of rotatable bonds is 4. The molecule has 0 aliphatic heterocycles. The number of fused-ring (bicyclic) bond motifs is 1. The van der Waals surface area contributed by atoms with E-state index >= 15 is 0 Å². The highest BCUT2D eigenvalue weighted by Crippen LogP contribution is 2.23. The van der Waals surface area contributed by atoms with Gasteiger partial charge >= 0.3 is 0 Å². The lowest BCUT2D eigenvalue weighted by Gasteiger charge is -2.14. The summed E-state index contributed by atoms with van der Waals surface area (Å²) in [5.41, 5.74) is 3.37. The topological polar surface area (TPSA) is 84.3 Å². The van der Waals surface area contributed by atoms with E-state index in [0.717, 1.165) is 26.7 Å². The minimum absolute atomic E-state index is 0.129. The molecule has 142 valence electrons. The van der Waals surface area contributed by atoms with Crippen molar-refractivity contribution in [2.75, 3.05) is 19.4 Å². The summed E-state index contributed by atoms with van der Waals surface area (Å²) in [6.07, 6.45) is 0. The average molecular weight is 386 g/mol. The fourth-order valence-corrected chi connectivity index (χ4v) is 3.69. The Morgan fingerprint density at radius 1 is 1.11 bits per heavy atom. The number of aromatic nitrogens is 2. The first-order chi connectivity index (χ1) is 12.6. The number of carbonyl (C=O) groups excluding carboxylic acids is 1. The first-order valence-electron chi connectivity index (χ1n) is 8.39. The molecular formula is C19H22N4O3S. The van der Waals surface area contributed by atoms with Gasteiger partial charge < -0.3 is 9.88 Å². The highest BCUT2D eigenvalue weighted by molar-refractivity contribution is 7.89. The zero-order valence-corrected chi connectivity index (χ0v) is 16.8. The molecule has 3 rings (SSSR count). The Balaban J connectivity index is 1.94. The first kappa shape index (κ1) is 19.1. The molecule has 0 aliphatic carbocycles. The van der Waals surface area contributed by atoms with Crippen LogP contribution >= 0.6 is 0 Å². The molecule has 1 amide bonds. The number of nitrogens with zero attached hydrogens (tertiary/aromatic N) is 3. The van der Waals surface area contributed by atoms with Gasteiger partial charge in [0.05, 0.1) is 15.9 Å². The van der Waals surface area contributed by atoms with Gasteiger partial charge in [-0.3, -0.25) is 4.79 Å². The summed E-state index contributed by atoms with van der Waals surface area (Å²) in [4.78, 5) is 17.3. The van der Waals surface area contributed by atoms with Gasteiger partial charge in [-0.1, -0.05) is 6.07 Å². The first-order valence-corrected chi connectivity index (χ1v) is 9.83. The SMILES string of the molecule is Cc1ccc(S(=O)(=O)N(C)C)cc1NC(=O)c1ccc2c(c1)nc(C)n2C. The Hall–Kier alpha value is -2.71. The number of amides is 1. The third kappa shape index (κ3) is 3.45. The Morgan fingerprint density at radius 2 is 1.81 bits per heavy atom. The molecule has 0 bridgehead atoms. The quantitative estimate of drug-likeness (QED) is 0.747. The molecule has 0 fully saturated rings. The maximum Gasteiger partial charge on any atom is 0.255 e. The van der Waals surface area contributed by atoms with Crippen molar-refractivity contribution in [2.24, 2.45) is 7.05 Å². The Bertz CT molecular complexity index is 1150. The summed E-state index contributed by atoms with van der Waals surface area (Å²) in [5.74, 6) is 0.544. The summed E-state index contributed by atoms with van der Waals surface area (Å²) >= 11 is 0. The minimum atomic E-state index is -3.58. The van der Waals surface area contributed by atoms with E-state index in [4.69, 9.17) is 0 Å². The Morgan fingerprint density at radius 3 is 2.48 bits per heavy atom. The summed E-state index contributed by atoms with van der Waals surface area (Å²) in [5, 5.41) is 2.81. The van der Waals surface area contributed by atoms with E-state index in [1.54, 1.807) is 18.2 Å². The van der Waals surface area contributed by atoms with Crippen LogP contribution in [0.5, 0.6) is 0 Å². The summed E-state index contributed by atoms with van der Waals surface area (Å²) in [7, 11) is 1.28. The van der Waals surface area contributed by atoms with Gasteiger partial charge in [0.1, 0.15) is 5.82 Å². The van der Waals surface area contributed by atoms with Crippen LogP contribution < -0.4 is 5.32 Å². The molecule has 0 radical (unpaired) electrons. The Labute approximate surface area is 158 Å². The van der Waals surface area contributed by atoms with Crippen LogP contribution in [-0.4, -0.2) is 42.3 Å². The van der Waals surface area contributed by atoms with Crippen molar-refractivity contribution >= 4 is 32.7 Å². The smallest absolute Gasteiger partial charge is 0.255 e. The molecule has 0 spiro atoms. The molecular weight excluding hydrogens is 364 g/mol. The van der Waals surface area contributed by atoms with Gasteiger partial charge in [-0.15, -0.1) is 0 Å². The molecule has 1 N–H and O–H groups in total. The average Bonchev–Trinajstić information content (AvgIpc) is 2.90. The van der Waals surface area contributed by atoms with Gasteiger partial charge in [0.2, 0.25) is 10.0 Å². The van der Waals surface area contributed by atoms with Crippen molar-refractivity contribution in [3.63, 3.8) is 0 Å². The van der Waals surface area contributed by atoms with Crippen molar-refractivity contribution < 1.29 is 13.2 Å². The predicted octanol–water partition coefficient (Wildman–Crippen LogP) is 2.69. The fraction of sp³-hybridized carbons (Fsp3) is 0.263. The molecule has 3 aromatic rings.